The molecule has 0 amide bonds. The molecular weight excluding hydrogens is 362 g/mol. The molecule has 1 unspecified atom stereocenters. The monoisotopic (exact) mass is 389 g/mol. The zero-order valence-corrected chi connectivity index (χ0v) is 16.7. The number of hydrogen-bond acceptors (Lipinski definition) is 3. The molecule has 0 aliphatic heterocycles. The minimum absolute atomic E-state index is 0.197. The zero-order valence-electron chi connectivity index (χ0n) is 16.7. The lowest BCUT2D eigenvalue weighted by atomic mass is 9.94. The summed E-state index contributed by atoms with van der Waals surface area (Å²) < 4.78 is 0. The number of aromatic hydroxyl groups is 1. The van der Waals surface area contributed by atoms with Crippen molar-refractivity contribution in [1.82, 2.24) is 4.90 Å². The van der Waals surface area contributed by atoms with Gasteiger partial charge in [-0.25, -0.2) is 0 Å². The number of hydrogen-bond donors (Lipinski definition) is 2. The number of carboxylic acid groups (broad SMARTS) is 1. The van der Waals surface area contributed by atoms with E-state index in [0.29, 0.717) is 25.9 Å². The molecule has 0 bridgehead atoms. The molecular formula is C25H27NO3. The van der Waals surface area contributed by atoms with E-state index in [9.17, 15) is 15.0 Å². The fourth-order valence-electron chi connectivity index (χ4n) is 3.63. The van der Waals surface area contributed by atoms with E-state index in [1.807, 2.05) is 78.6 Å². The molecule has 0 saturated carbocycles. The first-order chi connectivity index (χ1) is 14.1. The van der Waals surface area contributed by atoms with E-state index in [0.717, 1.165) is 22.3 Å². The average molecular weight is 389 g/mol. The van der Waals surface area contributed by atoms with Gasteiger partial charge in [-0.2, -0.15) is 0 Å². The Balaban J connectivity index is 1.85. The fourth-order valence-corrected chi connectivity index (χ4v) is 3.63. The van der Waals surface area contributed by atoms with Gasteiger partial charge in [-0.05, 0) is 53.8 Å². The van der Waals surface area contributed by atoms with Crippen molar-refractivity contribution >= 4 is 5.97 Å². The van der Waals surface area contributed by atoms with Gasteiger partial charge in [0, 0.05) is 6.54 Å². The molecule has 29 heavy (non-hydrogen) atoms. The lowest BCUT2D eigenvalue weighted by Crippen LogP contribution is -2.42. The number of rotatable bonds is 9. The van der Waals surface area contributed by atoms with Crippen LogP contribution in [-0.4, -0.2) is 33.7 Å². The molecule has 2 N–H and O–H groups in total. The number of aliphatic carboxylic acids is 1. The van der Waals surface area contributed by atoms with E-state index < -0.39 is 12.0 Å². The molecule has 4 nitrogen and oxygen atoms in total. The topological polar surface area (TPSA) is 60.8 Å². The van der Waals surface area contributed by atoms with E-state index in [1.165, 1.54) is 0 Å². The number of carboxylic acids is 1. The second kappa shape index (κ2) is 9.89. The van der Waals surface area contributed by atoms with Crippen LogP contribution in [0, 0.1) is 0 Å². The van der Waals surface area contributed by atoms with E-state index in [1.54, 1.807) is 12.1 Å². The van der Waals surface area contributed by atoms with Crippen LogP contribution >= 0.6 is 0 Å². The Morgan fingerprint density at radius 2 is 1.52 bits per heavy atom. The van der Waals surface area contributed by atoms with Gasteiger partial charge in [0.1, 0.15) is 11.8 Å². The van der Waals surface area contributed by atoms with Gasteiger partial charge in [-0.15, -0.1) is 0 Å². The molecule has 1 atom stereocenters. The molecule has 3 rings (SSSR count). The summed E-state index contributed by atoms with van der Waals surface area (Å²) in [6.45, 7) is 3.21. The molecule has 0 saturated heterocycles. The smallest absolute Gasteiger partial charge is 0.321 e. The van der Waals surface area contributed by atoms with Gasteiger partial charge in [0.25, 0.3) is 0 Å². The molecule has 0 heterocycles. The Labute approximate surface area is 172 Å². The molecule has 0 aliphatic carbocycles. The maximum atomic E-state index is 12.1. The zero-order chi connectivity index (χ0) is 20.6. The highest BCUT2D eigenvalue weighted by atomic mass is 16.4. The van der Waals surface area contributed by atoms with Crippen molar-refractivity contribution in [3.8, 4) is 5.75 Å². The highest BCUT2D eigenvalue weighted by Crippen LogP contribution is 2.23. The molecule has 3 aromatic carbocycles. The Bertz CT molecular complexity index is 925. The first-order valence-electron chi connectivity index (χ1n) is 9.92. The normalized spacial score (nSPS) is 12.1. The van der Waals surface area contributed by atoms with Crippen LogP contribution < -0.4 is 0 Å². The molecule has 0 fully saturated rings. The van der Waals surface area contributed by atoms with Crippen LogP contribution in [0.4, 0.5) is 0 Å². The Morgan fingerprint density at radius 1 is 0.897 bits per heavy atom. The van der Waals surface area contributed by atoms with E-state index >= 15 is 0 Å². The minimum atomic E-state index is -0.832. The van der Waals surface area contributed by atoms with Crippen molar-refractivity contribution in [2.24, 2.45) is 0 Å². The van der Waals surface area contributed by atoms with Gasteiger partial charge >= 0.3 is 5.97 Å². The molecule has 150 valence electrons. The molecule has 4 heteroatoms. The van der Waals surface area contributed by atoms with Crippen molar-refractivity contribution in [2.75, 3.05) is 6.54 Å². The highest BCUT2D eigenvalue weighted by molar-refractivity contribution is 5.74. The molecule has 0 radical (unpaired) electrons. The molecule has 0 spiro atoms. The van der Waals surface area contributed by atoms with Crippen molar-refractivity contribution in [3.63, 3.8) is 0 Å². The second-order valence-electron chi connectivity index (χ2n) is 7.22. The summed E-state index contributed by atoms with van der Waals surface area (Å²) in [6.07, 6.45) is 1.04. The van der Waals surface area contributed by atoms with Gasteiger partial charge < -0.3 is 10.2 Å². The molecule has 0 aliphatic rings. The third-order valence-electron chi connectivity index (χ3n) is 5.20. The summed E-state index contributed by atoms with van der Waals surface area (Å²) in [5.41, 5.74) is 4.13. The third-order valence-corrected chi connectivity index (χ3v) is 5.20. The van der Waals surface area contributed by atoms with Gasteiger partial charge in [-0.1, -0.05) is 73.7 Å². The van der Waals surface area contributed by atoms with Crippen LogP contribution in [0.15, 0.2) is 78.9 Å². The third kappa shape index (κ3) is 5.69. The first kappa shape index (κ1) is 20.6. The predicted octanol–water partition coefficient (Wildman–Crippen LogP) is 4.50. The number of benzene rings is 3. The van der Waals surface area contributed by atoms with Crippen molar-refractivity contribution in [3.05, 3.63) is 101 Å². The highest BCUT2D eigenvalue weighted by Gasteiger charge is 2.26. The van der Waals surface area contributed by atoms with Crippen LogP contribution in [0.3, 0.4) is 0 Å². The number of likely N-dealkylation sites (N-methyl/N-ethyl adjacent to an activating group) is 1. The van der Waals surface area contributed by atoms with Crippen molar-refractivity contribution in [2.45, 2.75) is 32.4 Å². The van der Waals surface area contributed by atoms with Crippen LogP contribution in [0.5, 0.6) is 5.75 Å². The Hall–Kier alpha value is -3.11. The number of carbonyl (C=O) groups is 1. The minimum Gasteiger partial charge on any atom is -0.508 e. The lowest BCUT2D eigenvalue weighted by molar-refractivity contribution is -0.143. The summed E-state index contributed by atoms with van der Waals surface area (Å²) in [4.78, 5) is 14.1. The maximum Gasteiger partial charge on any atom is 0.321 e. The quantitative estimate of drug-likeness (QED) is 0.566. The molecule has 0 aromatic heterocycles. The van der Waals surface area contributed by atoms with Crippen molar-refractivity contribution in [1.29, 1.82) is 0 Å². The second-order valence-corrected chi connectivity index (χ2v) is 7.22. The van der Waals surface area contributed by atoms with Gasteiger partial charge in [0.2, 0.25) is 0 Å². The van der Waals surface area contributed by atoms with Crippen LogP contribution in [-0.2, 0) is 24.2 Å². The number of phenols is 1. The lowest BCUT2D eigenvalue weighted by Gasteiger charge is -2.28. The number of nitrogens with zero attached hydrogens (tertiary/aromatic N) is 1. The summed E-state index contributed by atoms with van der Waals surface area (Å²) in [7, 11) is 0. The summed E-state index contributed by atoms with van der Waals surface area (Å²) in [5, 5.41) is 19.9. The van der Waals surface area contributed by atoms with Gasteiger partial charge in [0.05, 0.1) is 0 Å². The van der Waals surface area contributed by atoms with Crippen LogP contribution in [0.1, 0.15) is 29.2 Å². The van der Waals surface area contributed by atoms with Gasteiger partial charge in [-0.3, -0.25) is 9.69 Å². The summed E-state index contributed by atoms with van der Waals surface area (Å²) in [6, 6.07) is 24.5. The Kier molecular flexibility index (Phi) is 7.04. The SMILES string of the molecule is CCN(Cc1ccccc1)C(Cc1ccc(O)cc1Cc1ccccc1)C(=O)O. The van der Waals surface area contributed by atoms with E-state index in [4.69, 9.17) is 0 Å². The standard InChI is InChI=1S/C25H27NO3/c1-2-26(18-20-11-7-4-8-12-20)24(25(28)29)17-21-13-14-23(27)16-22(21)15-19-9-5-3-6-10-19/h3-14,16,24,27H,2,15,17-18H2,1H3,(H,28,29). The summed E-state index contributed by atoms with van der Waals surface area (Å²) >= 11 is 0. The van der Waals surface area contributed by atoms with Crippen molar-refractivity contribution < 1.29 is 15.0 Å². The van der Waals surface area contributed by atoms with E-state index in [2.05, 4.69) is 0 Å². The van der Waals surface area contributed by atoms with Gasteiger partial charge in [0.15, 0.2) is 0 Å². The molecule has 3 aromatic rings. The largest absolute Gasteiger partial charge is 0.508 e. The van der Waals surface area contributed by atoms with Crippen LogP contribution in [0.2, 0.25) is 0 Å². The maximum absolute atomic E-state index is 12.1. The average Bonchev–Trinajstić information content (AvgIpc) is 2.73. The summed E-state index contributed by atoms with van der Waals surface area (Å²) in [5.74, 6) is -0.635. The number of phenolic OH excluding ortho intramolecular Hbond substituents is 1. The Morgan fingerprint density at radius 3 is 2.10 bits per heavy atom. The fraction of sp³-hybridized carbons (Fsp3) is 0.240. The first-order valence-corrected chi connectivity index (χ1v) is 9.92. The predicted molar refractivity (Wildman–Crippen MR) is 115 cm³/mol. The van der Waals surface area contributed by atoms with E-state index in [-0.39, 0.29) is 5.75 Å². The van der Waals surface area contributed by atoms with Crippen LogP contribution in [0.25, 0.3) is 0 Å².